The highest BCUT2D eigenvalue weighted by Crippen LogP contribution is 2.28. The summed E-state index contributed by atoms with van der Waals surface area (Å²) in [6.07, 6.45) is 2.95. The highest BCUT2D eigenvalue weighted by Gasteiger charge is 2.22. The number of H-pyrrole nitrogens is 1. The number of nitrogens with zero attached hydrogens (tertiary/aromatic N) is 3. The molecule has 1 atom stereocenters. The summed E-state index contributed by atoms with van der Waals surface area (Å²) >= 11 is 0. The van der Waals surface area contributed by atoms with Crippen molar-refractivity contribution in [3.63, 3.8) is 0 Å². The summed E-state index contributed by atoms with van der Waals surface area (Å²) in [7, 11) is -3.22. The maximum atomic E-state index is 11.9. The van der Waals surface area contributed by atoms with Gasteiger partial charge in [-0.2, -0.15) is 0 Å². The zero-order valence-electron chi connectivity index (χ0n) is 15.8. The lowest BCUT2D eigenvalue weighted by atomic mass is 10.1. The first-order chi connectivity index (χ1) is 13.3. The summed E-state index contributed by atoms with van der Waals surface area (Å²) in [6.45, 7) is 3.97. The van der Waals surface area contributed by atoms with Gasteiger partial charge in [-0.1, -0.05) is 12.1 Å². The van der Waals surface area contributed by atoms with Crippen molar-refractivity contribution in [1.29, 1.82) is 0 Å². The second-order valence-corrected chi connectivity index (χ2v) is 9.37. The van der Waals surface area contributed by atoms with Crippen LogP contribution < -0.4 is 10.6 Å². The van der Waals surface area contributed by atoms with Crippen LogP contribution in [-0.4, -0.2) is 55.4 Å². The van der Waals surface area contributed by atoms with Crippen molar-refractivity contribution < 1.29 is 13.2 Å². The summed E-state index contributed by atoms with van der Waals surface area (Å²) in [5.41, 5.74) is 8.78. The van der Waals surface area contributed by atoms with Gasteiger partial charge in [-0.3, -0.25) is 0 Å². The van der Waals surface area contributed by atoms with Crippen LogP contribution in [0.1, 0.15) is 12.6 Å². The Hall–Kier alpha value is -2.65. The fraction of sp³-hybridized carbons (Fsp3) is 0.368. The topological polar surface area (TPSA) is 114 Å². The van der Waals surface area contributed by atoms with Crippen molar-refractivity contribution in [1.82, 2.24) is 15.0 Å². The smallest absolute Gasteiger partial charge is 0.161 e. The minimum Gasteiger partial charge on any atom is -0.397 e. The Morgan fingerprint density at radius 1 is 1.32 bits per heavy atom. The molecule has 4 rings (SSSR count). The number of rotatable bonds is 4. The number of aromatic amines is 1. The number of hydrogen-bond acceptors (Lipinski definition) is 7. The second-order valence-electron chi connectivity index (χ2n) is 7.23. The molecule has 2 aromatic heterocycles. The highest BCUT2D eigenvalue weighted by molar-refractivity contribution is 7.89. The van der Waals surface area contributed by atoms with Gasteiger partial charge in [0, 0.05) is 41.5 Å². The van der Waals surface area contributed by atoms with Gasteiger partial charge in [-0.25, -0.2) is 18.4 Å². The fourth-order valence-corrected chi connectivity index (χ4v) is 4.14. The van der Waals surface area contributed by atoms with Crippen LogP contribution in [0, 0.1) is 0 Å². The van der Waals surface area contributed by atoms with Crippen LogP contribution in [0.2, 0.25) is 0 Å². The summed E-state index contributed by atoms with van der Waals surface area (Å²) in [5, 5.41) is 0.929. The van der Waals surface area contributed by atoms with Crippen LogP contribution in [0.25, 0.3) is 22.3 Å². The van der Waals surface area contributed by atoms with Crippen molar-refractivity contribution in [3.05, 3.63) is 36.2 Å². The predicted octanol–water partition coefficient (Wildman–Crippen LogP) is 1.98. The Bertz CT molecular complexity index is 1130. The van der Waals surface area contributed by atoms with Gasteiger partial charge < -0.3 is 20.4 Å². The Morgan fingerprint density at radius 3 is 2.89 bits per heavy atom. The number of hydrogen-bond donors (Lipinski definition) is 2. The Kier molecular flexibility index (Phi) is 4.72. The average molecular weight is 401 g/mol. The Labute approximate surface area is 163 Å². The summed E-state index contributed by atoms with van der Waals surface area (Å²) in [6, 6.07) is 7.65. The van der Waals surface area contributed by atoms with Crippen molar-refractivity contribution in [3.8, 4) is 11.4 Å². The maximum absolute atomic E-state index is 11.9. The molecular formula is C19H23N5O3S. The third-order valence-corrected chi connectivity index (χ3v) is 5.63. The summed E-state index contributed by atoms with van der Waals surface area (Å²) in [4.78, 5) is 14.5. The molecule has 0 amide bonds. The Balaban J connectivity index is 1.82. The molecule has 1 fully saturated rings. The molecule has 3 N–H and O–H groups in total. The van der Waals surface area contributed by atoms with E-state index in [1.165, 1.54) is 6.26 Å². The van der Waals surface area contributed by atoms with Crippen LogP contribution in [-0.2, 0) is 20.3 Å². The van der Waals surface area contributed by atoms with E-state index in [1.54, 1.807) is 12.3 Å². The van der Waals surface area contributed by atoms with Crippen molar-refractivity contribution in [2.45, 2.75) is 18.7 Å². The average Bonchev–Trinajstić information content (AvgIpc) is 3.01. The third-order valence-electron chi connectivity index (χ3n) is 4.81. The molecule has 9 heteroatoms. The quantitative estimate of drug-likeness (QED) is 0.687. The van der Waals surface area contributed by atoms with Crippen molar-refractivity contribution in [2.75, 3.05) is 36.6 Å². The van der Waals surface area contributed by atoms with Crippen molar-refractivity contribution in [2.24, 2.45) is 0 Å². The molecule has 1 aliphatic rings. The molecule has 0 radical (unpaired) electrons. The number of nitrogen functional groups attached to an aromatic ring is 1. The zero-order chi connectivity index (χ0) is 19.9. The maximum Gasteiger partial charge on any atom is 0.161 e. The van der Waals surface area contributed by atoms with Gasteiger partial charge in [0.2, 0.25) is 0 Å². The van der Waals surface area contributed by atoms with Crippen LogP contribution in [0.5, 0.6) is 0 Å². The molecule has 0 unspecified atom stereocenters. The number of aromatic nitrogens is 3. The largest absolute Gasteiger partial charge is 0.397 e. The first-order valence-corrected chi connectivity index (χ1v) is 11.1. The van der Waals surface area contributed by atoms with E-state index in [-0.39, 0.29) is 11.8 Å². The van der Waals surface area contributed by atoms with Gasteiger partial charge in [0.15, 0.2) is 15.7 Å². The van der Waals surface area contributed by atoms with Gasteiger partial charge in [-0.05, 0) is 13.0 Å². The van der Waals surface area contributed by atoms with Crippen LogP contribution in [0.15, 0.2) is 30.5 Å². The predicted molar refractivity (Wildman–Crippen MR) is 110 cm³/mol. The molecule has 1 aromatic carbocycles. The van der Waals surface area contributed by atoms with Crippen LogP contribution in [0.4, 0.5) is 11.5 Å². The molecule has 28 heavy (non-hydrogen) atoms. The molecule has 148 valence electrons. The van der Waals surface area contributed by atoms with Gasteiger partial charge >= 0.3 is 0 Å². The van der Waals surface area contributed by atoms with E-state index in [0.29, 0.717) is 42.8 Å². The van der Waals surface area contributed by atoms with E-state index in [4.69, 9.17) is 15.5 Å². The van der Waals surface area contributed by atoms with Crippen LogP contribution in [0.3, 0.4) is 0 Å². The third kappa shape index (κ3) is 3.81. The lowest BCUT2D eigenvalue weighted by molar-refractivity contribution is 0.0985. The summed E-state index contributed by atoms with van der Waals surface area (Å²) < 4.78 is 29.2. The molecule has 0 spiro atoms. The number of benzene rings is 1. The number of fused-ring (bicyclic) bond motifs is 1. The normalized spacial score (nSPS) is 17.9. The lowest BCUT2D eigenvalue weighted by Crippen LogP contribution is -2.44. The molecule has 1 saturated heterocycles. The van der Waals surface area contributed by atoms with Gasteiger partial charge in [-0.15, -0.1) is 0 Å². The van der Waals surface area contributed by atoms with E-state index in [9.17, 15) is 8.42 Å². The number of nitrogens with one attached hydrogen (secondary N) is 1. The molecular weight excluding hydrogens is 378 g/mol. The molecule has 3 aromatic rings. The van der Waals surface area contributed by atoms with E-state index >= 15 is 0 Å². The molecule has 8 nitrogen and oxygen atoms in total. The minimum atomic E-state index is -3.22. The number of nitrogens with two attached hydrogens (primary N) is 1. The van der Waals surface area contributed by atoms with Crippen LogP contribution >= 0.6 is 0 Å². The first-order valence-electron chi connectivity index (χ1n) is 9.07. The number of morpholine rings is 1. The molecule has 3 heterocycles. The van der Waals surface area contributed by atoms with Gasteiger partial charge in [0.05, 0.1) is 36.4 Å². The minimum absolute atomic E-state index is 0.133. The van der Waals surface area contributed by atoms with Gasteiger partial charge in [0.1, 0.15) is 5.82 Å². The Morgan fingerprint density at radius 2 is 2.14 bits per heavy atom. The van der Waals surface area contributed by atoms with E-state index in [0.717, 1.165) is 16.5 Å². The van der Waals surface area contributed by atoms with Gasteiger partial charge in [0.25, 0.3) is 0 Å². The lowest BCUT2D eigenvalue weighted by Gasteiger charge is -2.34. The highest BCUT2D eigenvalue weighted by atomic mass is 32.2. The molecule has 0 bridgehead atoms. The van der Waals surface area contributed by atoms with Crippen molar-refractivity contribution >= 4 is 32.2 Å². The van der Waals surface area contributed by atoms with E-state index < -0.39 is 9.84 Å². The second kappa shape index (κ2) is 7.06. The van der Waals surface area contributed by atoms with E-state index in [2.05, 4.69) is 21.8 Å². The standard InChI is InChI=1S/C19H23N5O3S/c1-12-10-27-6-5-24(12)18-8-14(11-28(2,25)26)22-19(23-18)13-3-4-15-16(20)9-21-17(15)7-13/h3-4,7-9,12,21H,5-6,10-11,20H2,1-2H3/t12-/m0/s1. The number of ether oxygens (including phenoxy) is 1. The SMILES string of the molecule is C[C@H]1COCCN1c1cc(CS(C)(=O)=O)nc(-c2ccc3c(N)c[nH]c3c2)n1. The molecule has 1 aliphatic heterocycles. The molecule has 0 aliphatic carbocycles. The number of sulfone groups is 1. The monoisotopic (exact) mass is 401 g/mol. The molecule has 0 saturated carbocycles. The van der Waals surface area contributed by atoms with E-state index in [1.807, 2.05) is 18.2 Å². The number of anilines is 2. The summed E-state index contributed by atoms with van der Waals surface area (Å²) in [5.74, 6) is 1.07. The first kappa shape index (κ1) is 18.7. The zero-order valence-corrected chi connectivity index (χ0v) is 16.7. The fourth-order valence-electron chi connectivity index (χ4n) is 3.46.